The van der Waals surface area contributed by atoms with Crippen LogP contribution in [0.3, 0.4) is 0 Å². The molecule has 1 heterocycles. The highest BCUT2D eigenvalue weighted by Crippen LogP contribution is 2.20. The topological polar surface area (TPSA) is 46.3 Å². The number of aliphatic hydroxyl groups is 1. The Labute approximate surface area is 66.1 Å². The second-order valence-electron chi connectivity index (χ2n) is 3.53. The summed E-state index contributed by atoms with van der Waals surface area (Å²) in [6.07, 6.45) is 1.59. The lowest BCUT2D eigenvalue weighted by molar-refractivity contribution is 0.240. The highest BCUT2D eigenvalue weighted by molar-refractivity contribution is 5.07. The van der Waals surface area contributed by atoms with Gasteiger partial charge in [0.25, 0.3) is 0 Å². The second kappa shape index (κ2) is 2.66. The maximum Gasteiger partial charge on any atom is 0.219 e. The fourth-order valence-corrected chi connectivity index (χ4v) is 0.728. The second-order valence-corrected chi connectivity index (χ2v) is 3.53. The molecule has 1 N–H and O–H groups in total. The van der Waals surface area contributed by atoms with E-state index in [0.29, 0.717) is 5.89 Å². The molecule has 0 aliphatic carbocycles. The Hall–Kier alpha value is -0.830. The summed E-state index contributed by atoms with van der Waals surface area (Å²) in [5.41, 5.74) is 0.873. The molecule has 62 valence electrons. The van der Waals surface area contributed by atoms with Crippen LogP contribution in [0.15, 0.2) is 10.7 Å². The molecular weight excluding hydrogens is 142 g/mol. The molecule has 1 aromatic heterocycles. The SMILES string of the molecule is CC(C)(C)c1coc(CO)n1. The van der Waals surface area contributed by atoms with Crippen molar-refractivity contribution >= 4 is 0 Å². The summed E-state index contributed by atoms with van der Waals surface area (Å²) in [7, 11) is 0. The molecule has 0 radical (unpaired) electrons. The zero-order valence-corrected chi connectivity index (χ0v) is 7.09. The lowest BCUT2D eigenvalue weighted by Gasteiger charge is -2.12. The average Bonchev–Trinajstić information content (AvgIpc) is 2.32. The number of aliphatic hydroxyl groups excluding tert-OH is 1. The van der Waals surface area contributed by atoms with Gasteiger partial charge >= 0.3 is 0 Å². The molecule has 0 unspecified atom stereocenters. The van der Waals surface area contributed by atoms with Crippen molar-refractivity contribution in [1.29, 1.82) is 0 Å². The third-order valence-corrected chi connectivity index (χ3v) is 1.46. The van der Waals surface area contributed by atoms with Crippen molar-refractivity contribution in [2.75, 3.05) is 0 Å². The minimum absolute atomic E-state index is 0.00306. The van der Waals surface area contributed by atoms with E-state index in [-0.39, 0.29) is 12.0 Å². The summed E-state index contributed by atoms with van der Waals surface area (Å²) >= 11 is 0. The van der Waals surface area contributed by atoms with Gasteiger partial charge in [0, 0.05) is 5.41 Å². The molecule has 3 heteroatoms. The van der Waals surface area contributed by atoms with Crippen LogP contribution in [-0.4, -0.2) is 10.1 Å². The third kappa shape index (κ3) is 1.80. The van der Waals surface area contributed by atoms with Crippen molar-refractivity contribution in [3.8, 4) is 0 Å². The minimum atomic E-state index is -0.129. The van der Waals surface area contributed by atoms with Crippen LogP contribution in [0.5, 0.6) is 0 Å². The highest BCUT2D eigenvalue weighted by atomic mass is 16.4. The predicted molar refractivity (Wildman–Crippen MR) is 41.1 cm³/mol. The van der Waals surface area contributed by atoms with Crippen molar-refractivity contribution in [3.05, 3.63) is 17.8 Å². The molecule has 1 aromatic rings. The van der Waals surface area contributed by atoms with Gasteiger partial charge in [0.1, 0.15) is 12.9 Å². The van der Waals surface area contributed by atoms with Gasteiger partial charge in [-0.1, -0.05) is 20.8 Å². The van der Waals surface area contributed by atoms with Gasteiger partial charge in [0.2, 0.25) is 5.89 Å². The number of nitrogens with zero attached hydrogens (tertiary/aromatic N) is 1. The largest absolute Gasteiger partial charge is 0.446 e. The molecule has 0 aromatic carbocycles. The zero-order valence-electron chi connectivity index (χ0n) is 7.09. The first kappa shape index (κ1) is 8.27. The van der Waals surface area contributed by atoms with Crippen LogP contribution in [0.25, 0.3) is 0 Å². The van der Waals surface area contributed by atoms with Gasteiger partial charge in [-0.3, -0.25) is 0 Å². The van der Waals surface area contributed by atoms with Crippen LogP contribution in [0.2, 0.25) is 0 Å². The van der Waals surface area contributed by atoms with E-state index in [4.69, 9.17) is 9.52 Å². The van der Waals surface area contributed by atoms with E-state index in [1.54, 1.807) is 6.26 Å². The van der Waals surface area contributed by atoms with Crippen LogP contribution in [-0.2, 0) is 12.0 Å². The molecule has 0 spiro atoms. The first-order valence-corrected chi connectivity index (χ1v) is 3.60. The predicted octanol–water partition coefficient (Wildman–Crippen LogP) is 1.46. The van der Waals surface area contributed by atoms with Gasteiger partial charge in [0.05, 0.1) is 5.69 Å². The monoisotopic (exact) mass is 155 g/mol. The van der Waals surface area contributed by atoms with E-state index in [1.807, 2.05) is 20.8 Å². The van der Waals surface area contributed by atoms with Gasteiger partial charge in [-0.05, 0) is 0 Å². The molecule has 0 fully saturated rings. The summed E-state index contributed by atoms with van der Waals surface area (Å²) < 4.78 is 4.98. The zero-order chi connectivity index (χ0) is 8.48. The Bertz CT molecular complexity index is 234. The van der Waals surface area contributed by atoms with E-state index in [9.17, 15) is 0 Å². The fourth-order valence-electron chi connectivity index (χ4n) is 0.728. The van der Waals surface area contributed by atoms with Crippen LogP contribution in [0.1, 0.15) is 32.4 Å². The van der Waals surface area contributed by atoms with Gasteiger partial charge < -0.3 is 9.52 Å². The van der Waals surface area contributed by atoms with Crippen molar-refractivity contribution in [3.63, 3.8) is 0 Å². The van der Waals surface area contributed by atoms with Crippen LogP contribution >= 0.6 is 0 Å². The first-order valence-electron chi connectivity index (χ1n) is 3.60. The fraction of sp³-hybridized carbons (Fsp3) is 0.625. The summed E-state index contributed by atoms with van der Waals surface area (Å²) in [4.78, 5) is 4.08. The number of aromatic nitrogens is 1. The Morgan fingerprint density at radius 2 is 2.18 bits per heavy atom. The average molecular weight is 155 g/mol. The maximum atomic E-state index is 8.66. The van der Waals surface area contributed by atoms with Crippen molar-refractivity contribution in [1.82, 2.24) is 4.98 Å². The van der Waals surface area contributed by atoms with Crippen LogP contribution in [0.4, 0.5) is 0 Å². The summed E-state index contributed by atoms with van der Waals surface area (Å²) in [6.45, 7) is 6.01. The van der Waals surface area contributed by atoms with Gasteiger partial charge in [-0.15, -0.1) is 0 Å². The van der Waals surface area contributed by atoms with E-state index in [1.165, 1.54) is 0 Å². The smallest absolute Gasteiger partial charge is 0.219 e. The first-order chi connectivity index (χ1) is 5.04. The number of oxazole rings is 1. The molecule has 1 rings (SSSR count). The molecule has 0 bridgehead atoms. The lowest BCUT2D eigenvalue weighted by atomic mass is 9.93. The maximum absolute atomic E-state index is 8.66. The van der Waals surface area contributed by atoms with Crippen LogP contribution in [0, 0.1) is 0 Å². The minimum Gasteiger partial charge on any atom is -0.446 e. The number of rotatable bonds is 1. The summed E-state index contributed by atoms with van der Waals surface area (Å²) in [5.74, 6) is 0.384. The molecule has 0 aliphatic rings. The van der Waals surface area contributed by atoms with E-state index >= 15 is 0 Å². The van der Waals surface area contributed by atoms with Gasteiger partial charge in [-0.25, -0.2) is 4.98 Å². The summed E-state index contributed by atoms with van der Waals surface area (Å²) in [5, 5.41) is 8.66. The van der Waals surface area contributed by atoms with Crippen molar-refractivity contribution in [2.24, 2.45) is 0 Å². The van der Waals surface area contributed by atoms with Crippen molar-refractivity contribution < 1.29 is 9.52 Å². The van der Waals surface area contributed by atoms with Gasteiger partial charge in [0.15, 0.2) is 0 Å². The molecular formula is C8H13NO2. The van der Waals surface area contributed by atoms with Crippen molar-refractivity contribution in [2.45, 2.75) is 32.8 Å². The molecule has 0 saturated heterocycles. The molecule has 3 nitrogen and oxygen atoms in total. The number of hydrogen-bond acceptors (Lipinski definition) is 3. The van der Waals surface area contributed by atoms with E-state index in [0.717, 1.165) is 5.69 Å². The molecule has 11 heavy (non-hydrogen) atoms. The number of hydrogen-bond donors (Lipinski definition) is 1. The molecule has 0 amide bonds. The Kier molecular flexibility index (Phi) is 2.00. The van der Waals surface area contributed by atoms with Gasteiger partial charge in [-0.2, -0.15) is 0 Å². The Morgan fingerprint density at radius 1 is 1.55 bits per heavy atom. The molecule has 0 atom stereocenters. The lowest BCUT2D eigenvalue weighted by Crippen LogP contribution is -2.11. The highest BCUT2D eigenvalue weighted by Gasteiger charge is 2.17. The third-order valence-electron chi connectivity index (χ3n) is 1.46. The van der Waals surface area contributed by atoms with Crippen LogP contribution < -0.4 is 0 Å². The Morgan fingerprint density at radius 3 is 2.45 bits per heavy atom. The molecule has 0 saturated carbocycles. The standard InChI is InChI=1S/C8H13NO2/c1-8(2,3)6-5-11-7(4-10)9-6/h5,10H,4H2,1-3H3. The quantitative estimate of drug-likeness (QED) is 0.667. The summed E-state index contributed by atoms with van der Waals surface area (Å²) in [6, 6.07) is 0. The van der Waals surface area contributed by atoms with E-state index < -0.39 is 0 Å². The molecule has 0 aliphatic heterocycles. The normalized spacial score (nSPS) is 12.0. The van der Waals surface area contributed by atoms with E-state index in [2.05, 4.69) is 4.98 Å². The Balaban J connectivity index is 2.89.